The highest BCUT2D eigenvalue weighted by molar-refractivity contribution is 5.89. The number of anilines is 1. The molecule has 0 fully saturated rings. The van der Waals surface area contributed by atoms with Crippen molar-refractivity contribution in [1.82, 2.24) is 29.5 Å². The van der Waals surface area contributed by atoms with Crippen molar-refractivity contribution in [1.29, 1.82) is 0 Å². The van der Waals surface area contributed by atoms with Crippen LogP contribution in [0.4, 0.5) is 5.82 Å². The first-order chi connectivity index (χ1) is 11.1. The average molecular weight is 313 g/mol. The van der Waals surface area contributed by atoms with Crippen LogP contribution in [0.15, 0.2) is 6.33 Å². The molecule has 0 saturated carbocycles. The minimum Gasteiger partial charge on any atom is -0.390 e. The van der Waals surface area contributed by atoms with Crippen molar-refractivity contribution in [3.8, 4) is 0 Å². The van der Waals surface area contributed by atoms with E-state index in [1.54, 1.807) is 11.0 Å². The Kier molecular flexibility index (Phi) is 3.08. The molecule has 1 aliphatic rings. The summed E-state index contributed by atoms with van der Waals surface area (Å²) >= 11 is 0. The number of aliphatic hydroxyl groups is 1. The molecule has 0 amide bonds. The van der Waals surface area contributed by atoms with Gasteiger partial charge in [-0.2, -0.15) is 10.2 Å². The van der Waals surface area contributed by atoms with Gasteiger partial charge in [0.2, 0.25) is 0 Å². The van der Waals surface area contributed by atoms with E-state index in [0.29, 0.717) is 6.54 Å². The maximum atomic E-state index is 9.55. The lowest BCUT2D eigenvalue weighted by Crippen LogP contribution is -2.32. The van der Waals surface area contributed by atoms with Crippen molar-refractivity contribution in [2.24, 2.45) is 14.1 Å². The first-order valence-electron chi connectivity index (χ1n) is 7.64. The topological polar surface area (TPSA) is 84.9 Å². The second-order valence-electron chi connectivity index (χ2n) is 5.93. The van der Waals surface area contributed by atoms with E-state index in [0.717, 1.165) is 46.8 Å². The normalized spacial score (nSPS) is 14.5. The highest BCUT2D eigenvalue weighted by atomic mass is 16.3. The minimum absolute atomic E-state index is 0.0396. The fourth-order valence-corrected chi connectivity index (χ4v) is 3.48. The smallest absolute Gasteiger partial charge is 0.163 e. The summed E-state index contributed by atoms with van der Waals surface area (Å²) in [6, 6.07) is 0. The van der Waals surface area contributed by atoms with E-state index in [2.05, 4.69) is 25.1 Å². The van der Waals surface area contributed by atoms with Crippen molar-refractivity contribution in [3.63, 3.8) is 0 Å². The molecular formula is C15H19N7O. The second-order valence-corrected chi connectivity index (χ2v) is 5.93. The summed E-state index contributed by atoms with van der Waals surface area (Å²) in [5.74, 6) is 0.902. The summed E-state index contributed by atoms with van der Waals surface area (Å²) in [6.45, 7) is 3.49. The van der Waals surface area contributed by atoms with Crippen molar-refractivity contribution < 1.29 is 5.11 Å². The Balaban J connectivity index is 1.81. The maximum absolute atomic E-state index is 9.55. The zero-order chi connectivity index (χ0) is 16.1. The van der Waals surface area contributed by atoms with Gasteiger partial charge in [-0.1, -0.05) is 0 Å². The maximum Gasteiger partial charge on any atom is 0.163 e. The predicted molar refractivity (Wildman–Crippen MR) is 84.9 cm³/mol. The summed E-state index contributed by atoms with van der Waals surface area (Å²) in [7, 11) is 3.83. The molecule has 3 aromatic rings. The largest absolute Gasteiger partial charge is 0.390 e. The molecule has 0 bridgehead atoms. The zero-order valence-corrected chi connectivity index (χ0v) is 13.5. The van der Waals surface area contributed by atoms with Gasteiger partial charge >= 0.3 is 0 Å². The molecule has 8 nitrogen and oxygen atoms in total. The van der Waals surface area contributed by atoms with Crippen LogP contribution in [0.2, 0.25) is 0 Å². The molecule has 1 N–H and O–H groups in total. The van der Waals surface area contributed by atoms with Crippen LogP contribution in [0.25, 0.3) is 11.0 Å². The van der Waals surface area contributed by atoms with E-state index >= 15 is 0 Å². The molecule has 0 atom stereocenters. The highest BCUT2D eigenvalue weighted by Crippen LogP contribution is 2.30. The Morgan fingerprint density at radius 2 is 2.00 bits per heavy atom. The van der Waals surface area contributed by atoms with Gasteiger partial charge in [-0.3, -0.25) is 9.36 Å². The summed E-state index contributed by atoms with van der Waals surface area (Å²) in [4.78, 5) is 11.1. The van der Waals surface area contributed by atoms with Crippen molar-refractivity contribution >= 4 is 16.9 Å². The first-order valence-corrected chi connectivity index (χ1v) is 7.64. The first kappa shape index (κ1) is 14.1. The lowest BCUT2D eigenvalue weighted by molar-refractivity contribution is 0.274. The minimum atomic E-state index is -0.0396. The monoisotopic (exact) mass is 313 g/mol. The van der Waals surface area contributed by atoms with E-state index < -0.39 is 0 Å². The standard InChI is InChI=1S/C15H19N7O/c1-9-13-14(21(3)18-9)16-8-17-15(13)22-5-4-12-10(6-22)11(7-23)19-20(12)2/h8,23H,4-7H2,1-3H3. The third kappa shape index (κ3) is 2.02. The summed E-state index contributed by atoms with van der Waals surface area (Å²) in [6.07, 6.45) is 2.47. The van der Waals surface area contributed by atoms with Crippen LogP contribution in [0.5, 0.6) is 0 Å². The van der Waals surface area contributed by atoms with Crippen LogP contribution in [-0.4, -0.2) is 41.2 Å². The van der Waals surface area contributed by atoms with Crippen LogP contribution >= 0.6 is 0 Å². The van der Waals surface area contributed by atoms with Gasteiger partial charge in [0.1, 0.15) is 12.1 Å². The van der Waals surface area contributed by atoms with Gasteiger partial charge in [0.25, 0.3) is 0 Å². The van der Waals surface area contributed by atoms with Gasteiger partial charge in [-0.05, 0) is 6.92 Å². The molecule has 23 heavy (non-hydrogen) atoms. The Hall–Kier alpha value is -2.48. The number of hydrogen-bond donors (Lipinski definition) is 1. The molecule has 120 valence electrons. The molecule has 0 unspecified atom stereocenters. The van der Waals surface area contributed by atoms with E-state index in [1.807, 2.05) is 25.7 Å². The number of aromatic nitrogens is 6. The lowest BCUT2D eigenvalue weighted by atomic mass is 10.0. The van der Waals surface area contributed by atoms with E-state index in [1.165, 1.54) is 5.69 Å². The molecule has 0 spiro atoms. The Morgan fingerprint density at radius 3 is 2.78 bits per heavy atom. The number of fused-ring (bicyclic) bond motifs is 2. The van der Waals surface area contributed by atoms with Crippen LogP contribution in [0, 0.1) is 6.92 Å². The van der Waals surface area contributed by atoms with Crippen LogP contribution < -0.4 is 4.90 Å². The number of rotatable bonds is 2. The van der Waals surface area contributed by atoms with E-state index in [-0.39, 0.29) is 6.61 Å². The summed E-state index contributed by atoms with van der Waals surface area (Å²) < 4.78 is 3.66. The van der Waals surface area contributed by atoms with Gasteiger partial charge in [-0.15, -0.1) is 0 Å². The Morgan fingerprint density at radius 1 is 1.17 bits per heavy atom. The molecule has 1 aliphatic heterocycles. The van der Waals surface area contributed by atoms with Crippen molar-refractivity contribution in [2.75, 3.05) is 11.4 Å². The van der Waals surface area contributed by atoms with Crippen LogP contribution in [-0.2, 0) is 33.7 Å². The molecule has 0 aromatic carbocycles. The highest BCUT2D eigenvalue weighted by Gasteiger charge is 2.26. The number of aryl methyl sites for hydroxylation is 3. The molecule has 4 heterocycles. The molecule has 0 saturated heterocycles. The quantitative estimate of drug-likeness (QED) is 0.740. The van der Waals surface area contributed by atoms with Crippen LogP contribution in [0.1, 0.15) is 22.6 Å². The third-order valence-corrected chi connectivity index (χ3v) is 4.55. The van der Waals surface area contributed by atoms with Gasteiger partial charge < -0.3 is 10.0 Å². The zero-order valence-electron chi connectivity index (χ0n) is 13.5. The third-order valence-electron chi connectivity index (χ3n) is 4.55. The van der Waals surface area contributed by atoms with Gasteiger partial charge in [0.05, 0.1) is 23.4 Å². The average Bonchev–Trinajstić information content (AvgIpc) is 3.04. The molecule has 4 rings (SSSR count). The van der Waals surface area contributed by atoms with Crippen molar-refractivity contribution in [3.05, 3.63) is 29.0 Å². The van der Waals surface area contributed by atoms with Crippen molar-refractivity contribution in [2.45, 2.75) is 26.5 Å². The predicted octanol–water partition coefficient (Wildman–Crippen LogP) is 0.460. The number of nitrogens with zero attached hydrogens (tertiary/aromatic N) is 7. The molecular weight excluding hydrogens is 294 g/mol. The fourth-order valence-electron chi connectivity index (χ4n) is 3.48. The molecule has 3 aromatic heterocycles. The Bertz CT molecular complexity index is 895. The SMILES string of the molecule is Cc1nn(C)c2ncnc(N3CCc4c(c(CO)nn4C)C3)c12. The molecule has 0 aliphatic carbocycles. The van der Waals surface area contributed by atoms with Gasteiger partial charge in [0.15, 0.2) is 5.65 Å². The second kappa shape index (κ2) is 5.02. The fraction of sp³-hybridized carbons (Fsp3) is 0.467. The Labute approximate surface area is 133 Å². The molecule has 8 heteroatoms. The van der Waals surface area contributed by atoms with Crippen LogP contribution in [0.3, 0.4) is 0 Å². The number of hydrogen-bond acceptors (Lipinski definition) is 6. The van der Waals surface area contributed by atoms with E-state index in [4.69, 9.17) is 0 Å². The van der Waals surface area contributed by atoms with Gasteiger partial charge in [0, 0.05) is 44.9 Å². The van der Waals surface area contributed by atoms with E-state index in [9.17, 15) is 5.11 Å². The summed E-state index contributed by atoms with van der Waals surface area (Å²) in [5.41, 5.74) is 4.82. The lowest BCUT2D eigenvalue weighted by Gasteiger charge is -2.29. The number of aliphatic hydroxyl groups excluding tert-OH is 1. The van der Waals surface area contributed by atoms with Gasteiger partial charge in [-0.25, -0.2) is 9.97 Å². The summed E-state index contributed by atoms with van der Waals surface area (Å²) in [5, 5.41) is 19.4. The molecule has 0 radical (unpaired) electrons.